The maximum absolute atomic E-state index is 12.1. The molecule has 52 heavy (non-hydrogen) atoms. The van der Waals surface area contributed by atoms with Gasteiger partial charge in [0.2, 0.25) is 17.2 Å². The summed E-state index contributed by atoms with van der Waals surface area (Å²) < 4.78 is 67.2. The summed E-state index contributed by atoms with van der Waals surface area (Å²) in [5.41, 5.74) is 3.75. The number of carbonyl (C=O) groups is 2. The molecule has 0 saturated carbocycles. The highest BCUT2D eigenvalue weighted by Crippen LogP contribution is 2.37. The highest BCUT2D eigenvalue weighted by atomic mass is 32.2. The Labute approximate surface area is 292 Å². The number of allylic oxidation sites excluding steroid dienone is 3. The molecule has 0 radical (unpaired) electrons. The number of carbonyl (C=O) groups excluding carboxylic acids is 1. The van der Waals surface area contributed by atoms with Crippen LogP contribution in [0.5, 0.6) is 5.75 Å². The van der Waals surface area contributed by atoms with Crippen molar-refractivity contribution in [3.8, 4) is 5.75 Å². The molecule has 4 aromatic carbocycles. The van der Waals surface area contributed by atoms with E-state index in [1.54, 1.807) is 54.6 Å². The Morgan fingerprint density at radius 2 is 1.46 bits per heavy atom. The van der Waals surface area contributed by atoms with E-state index in [9.17, 15) is 45.7 Å². The van der Waals surface area contributed by atoms with Gasteiger partial charge in [-0.05, 0) is 78.2 Å². The summed E-state index contributed by atoms with van der Waals surface area (Å²) in [5.74, 6) is -2.61. The number of para-hydroxylation sites is 1. The molecular formula is C32H24N8O10S2. The van der Waals surface area contributed by atoms with Crippen LogP contribution >= 0.6 is 0 Å². The molecule has 264 valence electrons. The lowest BCUT2D eigenvalue weighted by Crippen LogP contribution is -2.28. The van der Waals surface area contributed by atoms with Crippen LogP contribution in [0.3, 0.4) is 0 Å². The number of aliphatic carboxylic acids is 1. The van der Waals surface area contributed by atoms with Gasteiger partial charge in [-0.2, -0.15) is 26.9 Å². The van der Waals surface area contributed by atoms with Crippen LogP contribution < -0.4 is 22.0 Å². The van der Waals surface area contributed by atoms with Gasteiger partial charge in [-0.3, -0.25) is 29.3 Å². The Morgan fingerprint density at radius 1 is 0.808 bits per heavy atom. The van der Waals surface area contributed by atoms with Gasteiger partial charge in [0.1, 0.15) is 11.3 Å². The zero-order chi connectivity index (χ0) is 37.2. The third-order valence-corrected chi connectivity index (χ3v) is 8.78. The number of aromatic hydroxyl groups is 1. The molecule has 5 aromatic rings. The van der Waals surface area contributed by atoms with Gasteiger partial charge in [0.25, 0.3) is 20.2 Å². The standard InChI is InChI=1S/C32H24N8O10S2/c41-26-11-10-21(14-24(26)29(43)44)40-39-20-8-6-19(7-9-20)34-31-36-30(33-18-4-2-1-3-5-18)37-32(38-31)35-25-15-22(51(45,46)47)12-17-13-23(52(48,49)50)16-27(42)28(17)25/h1-16,39,42H,(H,43,44)(H,45,46,47)(H,48,49,50)(H3,33,34,35,36,37,38)/b40-21-. The van der Waals surface area contributed by atoms with Crippen molar-refractivity contribution in [1.82, 2.24) is 15.0 Å². The number of nitrogens with zero attached hydrogens (tertiary/aromatic N) is 4. The van der Waals surface area contributed by atoms with E-state index in [-0.39, 0.29) is 39.4 Å². The van der Waals surface area contributed by atoms with Gasteiger partial charge in [-0.1, -0.05) is 18.2 Å². The maximum Gasteiger partial charge on any atom is 0.339 e. The normalized spacial score (nSPS) is 14.8. The number of ketones is 1. The zero-order valence-electron chi connectivity index (χ0n) is 26.1. The summed E-state index contributed by atoms with van der Waals surface area (Å²) in [6.45, 7) is 0. The number of fused-ring (bicyclic) bond motifs is 1. The van der Waals surface area contributed by atoms with Crippen LogP contribution in [0.15, 0.2) is 128 Å². The Bertz CT molecular complexity index is 2730. The summed E-state index contributed by atoms with van der Waals surface area (Å²) in [7, 11) is -9.68. The molecule has 0 fully saturated rings. The van der Waals surface area contributed by atoms with Crippen molar-refractivity contribution in [2.24, 2.45) is 15.1 Å². The lowest BCUT2D eigenvalue weighted by atomic mass is 10.0. The van der Waals surface area contributed by atoms with E-state index in [1.807, 2.05) is 0 Å². The van der Waals surface area contributed by atoms with Crippen molar-refractivity contribution >= 4 is 77.2 Å². The molecule has 0 unspecified atom stereocenters. The molecule has 1 heterocycles. The van der Waals surface area contributed by atoms with Crippen LogP contribution in [-0.4, -0.2) is 68.6 Å². The second kappa shape index (κ2) is 13.9. The number of anilines is 3. The molecule has 6 rings (SSSR count). The number of H-pyrrole nitrogens is 2. The highest BCUT2D eigenvalue weighted by molar-refractivity contribution is 7.86. The van der Waals surface area contributed by atoms with Crippen molar-refractivity contribution in [2.45, 2.75) is 9.79 Å². The number of hydrazone groups is 1. The minimum absolute atomic E-state index is 0.0150. The topological polar surface area (TPSA) is 289 Å². The second-order valence-corrected chi connectivity index (χ2v) is 13.6. The van der Waals surface area contributed by atoms with Crippen LogP contribution in [0.1, 0.15) is 0 Å². The Balaban J connectivity index is 1.41. The highest BCUT2D eigenvalue weighted by Gasteiger charge is 2.20. The van der Waals surface area contributed by atoms with E-state index in [0.29, 0.717) is 17.1 Å². The number of nitrogens with one attached hydrogen (secondary N) is 4. The lowest BCUT2D eigenvalue weighted by Gasteiger charge is -2.10. The first-order valence-electron chi connectivity index (χ1n) is 14.6. The average molecular weight is 745 g/mol. The first-order chi connectivity index (χ1) is 24.6. The molecule has 0 saturated heterocycles. The predicted molar refractivity (Wildman–Crippen MR) is 186 cm³/mol. The Kier molecular flexibility index (Phi) is 9.37. The first-order valence-corrected chi connectivity index (χ1v) is 17.5. The summed E-state index contributed by atoms with van der Waals surface area (Å²) in [6.07, 6.45) is 3.61. The largest absolute Gasteiger partial charge is 0.507 e. The molecule has 20 heteroatoms. The van der Waals surface area contributed by atoms with Crippen LogP contribution in [-0.2, 0) is 29.8 Å². The Hall–Kier alpha value is -6.74. The zero-order valence-corrected chi connectivity index (χ0v) is 27.7. The van der Waals surface area contributed by atoms with Crippen LogP contribution in [0.25, 0.3) is 10.8 Å². The Morgan fingerprint density at radius 3 is 2.12 bits per heavy atom. The molecular weight excluding hydrogens is 721 g/mol. The maximum atomic E-state index is 12.1. The summed E-state index contributed by atoms with van der Waals surface area (Å²) in [4.78, 5) is 40.6. The van der Waals surface area contributed by atoms with Gasteiger partial charge in [0, 0.05) is 17.1 Å². The van der Waals surface area contributed by atoms with E-state index in [0.717, 1.165) is 36.4 Å². The van der Waals surface area contributed by atoms with Gasteiger partial charge in [-0.15, -0.1) is 0 Å². The van der Waals surface area contributed by atoms with Crippen LogP contribution in [0.2, 0.25) is 0 Å². The number of hydrogen-bond donors (Lipinski definition) is 8. The first kappa shape index (κ1) is 35.1. The quantitative estimate of drug-likeness (QED) is 0.0466. The molecule has 0 amide bonds. The SMILES string of the molecule is O=C(O)C1=C/C(=N\Nc2ccc(Nc3nc(=Nc4ccccc4)[nH]c(=Nc4cc(S(=O)(=O)O)cc5cc(S(=O)(=O)O)cc(O)c45)[nH]3)cc2)C=CC1=O. The van der Waals surface area contributed by atoms with Crippen molar-refractivity contribution in [2.75, 3.05) is 10.7 Å². The number of phenols is 1. The molecule has 1 aromatic heterocycles. The van der Waals surface area contributed by atoms with Crippen LogP contribution in [0.4, 0.5) is 28.7 Å². The molecule has 8 N–H and O–H groups in total. The van der Waals surface area contributed by atoms with Crippen molar-refractivity contribution in [1.29, 1.82) is 0 Å². The van der Waals surface area contributed by atoms with Gasteiger partial charge < -0.3 is 15.5 Å². The molecule has 0 spiro atoms. The van der Waals surface area contributed by atoms with Crippen LogP contribution in [0, 0.1) is 0 Å². The van der Waals surface area contributed by atoms with Gasteiger partial charge >= 0.3 is 5.97 Å². The molecule has 1 aliphatic carbocycles. The van der Waals surface area contributed by atoms with Crippen molar-refractivity contribution in [3.05, 3.63) is 114 Å². The fourth-order valence-corrected chi connectivity index (χ4v) is 5.85. The van der Waals surface area contributed by atoms with Gasteiger partial charge in [0.05, 0.1) is 32.6 Å². The number of carboxylic acids is 1. The lowest BCUT2D eigenvalue weighted by molar-refractivity contribution is -0.134. The number of aromatic amines is 2. The minimum atomic E-state index is -4.86. The smallest absolute Gasteiger partial charge is 0.339 e. The predicted octanol–water partition coefficient (Wildman–Crippen LogP) is 3.22. The van der Waals surface area contributed by atoms with Gasteiger partial charge in [0.15, 0.2) is 5.78 Å². The van der Waals surface area contributed by atoms with E-state index < -0.39 is 53.1 Å². The van der Waals surface area contributed by atoms with E-state index >= 15 is 0 Å². The number of rotatable bonds is 9. The molecule has 0 atom stereocenters. The summed E-state index contributed by atoms with van der Waals surface area (Å²) in [6, 6.07) is 18.8. The molecule has 0 aliphatic heterocycles. The fourth-order valence-electron chi connectivity index (χ4n) is 4.78. The molecule has 1 aliphatic rings. The van der Waals surface area contributed by atoms with E-state index in [1.165, 1.54) is 6.08 Å². The van der Waals surface area contributed by atoms with E-state index in [4.69, 9.17) is 0 Å². The number of carboxylic acid groups (broad SMARTS) is 1. The molecule has 0 bridgehead atoms. The van der Waals surface area contributed by atoms with Gasteiger partial charge in [-0.25, -0.2) is 14.8 Å². The van der Waals surface area contributed by atoms with E-state index in [2.05, 4.69) is 40.8 Å². The number of benzene rings is 4. The summed E-state index contributed by atoms with van der Waals surface area (Å²) in [5, 5.41) is 26.8. The number of aromatic nitrogens is 3. The monoisotopic (exact) mass is 744 g/mol. The number of hydrogen-bond acceptors (Lipinski definition) is 13. The third-order valence-electron chi connectivity index (χ3n) is 7.11. The fraction of sp³-hybridized carbons (Fsp3) is 0. The summed E-state index contributed by atoms with van der Waals surface area (Å²) >= 11 is 0. The van der Waals surface area contributed by atoms with Crippen molar-refractivity contribution < 1.29 is 45.7 Å². The number of phenolic OH excluding ortho intramolecular Hbond substituents is 1. The average Bonchev–Trinajstić information content (AvgIpc) is 3.07. The second-order valence-electron chi connectivity index (χ2n) is 10.8. The van der Waals surface area contributed by atoms with Crippen molar-refractivity contribution in [3.63, 3.8) is 0 Å². The minimum Gasteiger partial charge on any atom is -0.507 e. The molecule has 18 nitrogen and oxygen atoms in total. The third kappa shape index (κ3) is 8.17.